The number of Topliss-reactive ketones (excluding diaryl/α,β-unsaturated/α-hetero) is 1. The fourth-order valence-electron chi connectivity index (χ4n) is 11.2. The molecule has 4 fully saturated rings. The molecule has 0 aromatic heterocycles. The maximum Gasteiger partial charge on any atom is 0.408 e. The van der Waals surface area contributed by atoms with E-state index in [4.69, 9.17) is 33.2 Å². The highest BCUT2D eigenvalue weighted by Gasteiger charge is 2.78. The Morgan fingerprint density at radius 3 is 2.15 bits per heavy atom. The lowest BCUT2D eigenvalue weighted by molar-refractivity contribution is -0.346. The number of ketones is 1. The Morgan fingerprint density at radius 2 is 1.58 bits per heavy atom. The Morgan fingerprint density at radius 1 is 0.944 bits per heavy atom. The van der Waals surface area contributed by atoms with Gasteiger partial charge in [0, 0.05) is 37.5 Å². The molecule has 7 rings (SSSR count). The molecule has 2 heterocycles. The van der Waals surface area contributed by atoms with Crippen LogP contribution in [0.5, 0.6) is 0 Å². The van der Waals surface area contributed by atoms with E-state index in [1.54, 1.807) is 64.1 Å². The number of benzene rings is 2. The highest BCUT2D eigenvalue weighted by atomic mass is 16.6. The second-order valence-corrected chi connectivity index (χ2v) is 21.1. The number of aliphatic hydroxyl groups is 3. The highest BCUT2D eigenvalue weighted by molar-refractivity contribution is 6.03. The Balaban J connectivity index is 1.31. The number of carbonyl (C=O) groups excluding carboxylic acids is 8. The lowest BCUT2D eigenvalue weighted by Gasteiger charge is -2.67. The number of likely N-dealkylation sites (tertiary alicyclic amines) is 1. The van der Waals surface area contributed by atoms with Gasteiger partial charge in [-0.05, 0) is 63.5 Å². The lowest BCUT2D eigenvalue weighted by atomic mass is 9.44. The molecule has 0 spiro atoms. The first-order chi connectivity index (χ1) is 33.7. The zero-order valence-electron chi connectivity index (χ0n) is 41.8. The summed E-state index contributed by atoms with van der Waals surface area (Å²) in [5.41, 5.74) is -8.95. The standard InChI is InChI=1S/C52H64N2O18/c1-27-22-35(57)54(44(27)61)20-21-66-25-36(58)69-40(38(30-16-12-10-13-17-30)53-47(64)72-48(4,5)6)46(63)68-32-24-52(65)43(70-45(62)31-18-14-11-15-19-31)41-50(9,42(60)39(59)37(28(32)2)49(52,7)8)33(56)23-34-51(41,26-67-34)71-29(3)55/h10-19,27,32-34,38-41,43,56,59,65H,20-26H2,1-9H3,(H,53,64)/t27?,32?,33-,34+,38?,39+,40?,41?,43?,50+,51-,52+/m0/s1. The van der Waals surface area contributed by atoms with E-state index in [9.17, 15) is 44.1 Å². The number of carbonyl (C=O) groups is 8. The number of ether oxygens (including phenoxy) is 7. The molecule has 6 unspecified atom stereocenters. The fraction of sp³-hybridized carbons (Fsp3) is 0.577. The predicted molar refractivity (Wildman–Crippen MR) is 249 cm³/mol. The van der Waals surface area contributed by atoms with Gasteiger partial charge in [0.1, 0.15) is 48.3 Å². The number of esters is 4. The van der Waals surface area contributed by atoms with Crippen molar-refractivity contribution in [3.05, 3.63) is 82.9 Å². The minimum atomic E-state index is -2.47. The molecule has 2 bridgehead atoms. The van der Waals surface area contributed by atoms with E-state index in [2.05, 4.69) is 5.32 Å². The summed E-state index contributed by atoms with van der Waals surface area (Å²) in [7, 11) is 0. The van der Waals surface area contributed by atoms with Crippen LogP contribution in [-0.2, 0) is 61.9 Å². The molecule has 0 radical (unpaired) electrons. The first-order valence-electron chi connectivity index (χ1n) is 24.0. The summed E-state index contributed by atoms with van der Waals surface area (Å²) in [4.78, 5) is 111. The molecule has 12 atom stereocenters. The van der Waals surface area contributed by atoms with Crippen molar-refractivity contribution >= 4 is 47.6 Å². The van der Waals surface area contributed by atoms with Crippen LogP contribution in [0.1, 0.15) is 104 Å². The minimum absolute atomic E-state index is 0.0322. The maximum absolute atomic E-state index is 15.2. The van der Waals surface area contributed by atoms with Gasteiger partial charge in [-0.1, -0.05) is 69.3 Å². The summed E-state index contributed by atoms with van der Waals surface area (Å²) in [6.45, 7) is 11.8. The number of amides is 3. The van der Waals surface area contributed by atoms with Gasteiger partial charge in [-0.3, -0.25) is 24.1 Å². The van der Waals surface area contributed by atoms with Gasteiger partial charge >= 0.3 is 30.0 Å². The molecule has 2 aliphatic heterocycles. The topological polar surface area (TPSA) is 277 Å². The van der Waals surface area contributed by atoms with Gasteiger partial charge in [-0.15, -0.1) is 0 Å². The van der Waals surface area contributed by atoms with Crippen LogP contribution in [0.15, 0.2) is 71.8 Å². The Kier molecular flexibility index (Phi) is 15.0. The molecule has 20 nitrogen and oxygen atoms in total. The molecule has 4 N–H and O–H groups in total. The molecular weight excluding hydrogens is 941 g/mol. The number of hydrogen-bond donors (Lipinski definition) is 4. The smallest absolute Gasteiger partial charge is 0.408 e. The summed E-state index contributed by atoms with van der Waals surface area (Å²) >= 11 is 0. The normalized spacial score (nSPS) is 31.6. The van der Waals surface area contributed by atoms with Crippen LogP contribution in [0.3, 0.4) is 0 Å². The van der Waals surface area contributed by atoms with Crippen LogP contribution < -0.4 is 5.32 Å². The third-order valence-electron chi connectivity index (χ3n) is 15.0. The van der Waals surface area contributed by atoms with Crippen LogP contribution >= 0.6 is 0 Å². The van der Waals surface area contributed by atoms with Gasteiger partial charge in [-0.2, -0.15) is 0 Å². The van der Waals surface area contributed by atoms with Crippen LogP contribution in [0.4, 0.5) is 4.79 Å². The molecule has 2 aromatic carbocycles. The Bertz CT molecular complexity index is 2510. The molecule has 390 valence electrons. The summed E-state index contributed by atoms with van der Waals surface area (Å²) in [6.07, 6.45) is -12.2. The average molecular weight is 1010 g/mol. The van der Waals surface area contributed by atoms with Gasteiger partial charge in [0.15, 0.2) is 11.4 Å². The van der Waals surface area contributed by atoms with Crippen molar-refractivity contribution in [1.82, 2.24) is 10.2 Å². The predicted octanol–water partition coefficient (Wildman–Crippen LogP) is 3.22. The largest absolute Gasteiger partial charge is 0.455 e. The molecule has 20 heteroatoms. The first kappa shape index (κ1) is 53.7. The van der Waals surface area contributed by atoms with Gasteiger partial charge in [0.2, 0.25) is 17.9 Å². The van der Waals surface area contributed by atoms with E-state index in [1.165, 1.54) is 52.0 Å². The average Bonchev–Trinajstić information content (AvgIpc) is 3.55. The fourth-order valence-corrected chi connectivity index (χ4v) is 11.2. The van der Waals surface area contributed by atoms with Crippen molar-refractivity contribution in [3.63, 3.8) is 0 Å². The number of imide groups is 1. The molecule has 2 aromatic rings. The van der Waals surface area contributed by atoms with Crippen molar-refractivity contribution < 1.29 is 86.8 Å². The number of aliphatic hydroxyl groups excluding tert-OH is 2. The van der Waals surface area contributed by atoms with Crippen molar-refractivity contribution in [2.75, 3.05) is 26.4 Å². The zero-order chi connectivity index (χ0) is 52.9. The second-order valence-electron chi connectivity index (χ2n) is 21.1. The Hall–Kier alpha value is -6.06. The molecule has 5 aliphatic rings. The van der Waals surface area contributed by atoms with Crippen molar-refractivity contribution in [3.8, 4) is 0 Å². The van der Waals surface area contributed by atoms with Crippen LogP contribution in [-0.4, -0.2) is 148 Å². The molecule has 3 amide bonds. The van der Waals surface area contributed by atoms with Crippen LogP contribution in [0.2, 0.25) is 0 Å². The third-order valence-corrected chi connectivity index (χ3v) is 15.0. The van der Waals surface area contributed by atoms with Gasteiger partial charge in [0.25, 0.3) is 0 Å². The quantitative estimate of drug-likeness (QED) is 0.0695. The Labute approximate surface area is 416 Å². The van der Waals surface area contributed by atoms with E-state index in [1.807, 2.05) is 0 Å². The van der Waals surface area contributed by atoms with Crippen LogP contribution in [0, 0.1) is 22.7 Å². The number of alkyl carbamates (subject to hydrolysis) is 1. The van der Waals surface area contributed by atoms with Crippen LogP contribution in [0.25, 0.3) is 0 Å². The number of nitrogens with one attached hydrogen (secondary N) is 1. The van der Waals surface area contributed by atoms with Gasteiger partial charge in [0.05, 0.1) is 42.8 Å². The van der Waals surface area contributed by atoms with Gasteiger partial charge in [-0.25, -0.2) is 19.2 Å². The van der Waals surface area contributed by atoms with E-state index in [0.29, 0.717) is 0 Å². The van der Waals surface area contributed by atoms with E-state index in [0.717, 1.165) is 11.8 Å². The summed E-state index contributed by atoms with van der Waals surface area (Å²) in [5, 5.41) is 40.8. The summed E-state index contributed by atoms with van der Waals surface area (Å²) < 4.78 is 41.4. The number of rotatable bonds is 14. The van der Waals surface area contributed by atoms with Crippen molar-refractivity contribution in [1.29, 1.82) is 0 Å². The maximum atomic E-state index is 15.2. The number of nitrogens with zero attached hydrogens (tertiary/aromatic N) is 1. The molecule has 72 heavy (non-hydrogen) atoms. The number of fused-ring (bicyclic) bond motifs is 5. The lowest BCUT2D eigenvalue weighted by Crippen LogP contribution is -2.81. The summed E-state index contributed by atoms with van der Waals surface area (Å²) in [5.74, 6) is -8.11. The molecular formula is C52H64N2O18. The second kappa shape index (κ2) is 20.1. The number of hydrogen-bond acceptors (Lipinski definition) is 18. The minimum Gasteiger partial charge on any atom is -0.455 e. The zero-order valence-corrected chi connectivity index (χ0v) is 41.8. The first-order valence-corrected chi connectivity index (χ1v) is 24.0. The van der Waals surface area contributed by atoms with E-state index >= 15 is 9.59 Å². The highest BCUT2D eigenvalue weighted by Crippen LogP contribution is 2.64. The van der Waals surface area contributed by atoms with E-state index < -0.39 is 143 Å². The summed E-state index contributed by atoms with van der Waals surface area (Å²) in [6, 6.07) is 14.1. The van der Waals surface area contributed by atoms with Crippen molar-refractivity contribution in [2.24, 2.45) is 22.7 Å². The third kappa shape index (κ3) is 9.78. The molecule has 3 aliphatic carbocycles. The van der Waals surface area contributed by atoms with Gasteiger partial charge < -0.3 is 53.8 Å². The molecule has 2 saturated heterocycles. The molecule has 2 saturated carbocycles. The van der Waals surface area contributed by atoms with Crippen molar-refractivity contribution in [2.45, 2.75) is 141 Å². The monoisotopic (exact) mass is 1000 g/mol. The van der Waals surface area contributed by atoms with E-state index in [-0.39, 0.29) is 54.9 Å². The SMILES string of the molecule is CC(=O)O[C@@]12CO[C@@H]1C[C@H](O)[C@@]1(C)C(=O)[C@H](O)C3=C(C)C(OC(=O)C(OC(=O)COCCN4C(=O)CC(C)C4=O)C(NC(=O)OC(C)(C)C)c4ccccc4)C[C@@](O)(C(OC(=O)c4ccccc4)C12)C3(C)C.